The van der Waals surface area contributed by atoms with Crippen LogP contribution in [0.15, 0.2) is 29.8 Å². The van der Waals surface area contributed by atoms with Crippen LogP contribution in [0.25, 0.3) is 0 Å². The van der Waals surface area contributed by atoms with Gasteiger partial charge in [0.05, 0.1) is 23.0 Å². The Hall–Kier alpha value is -2.08. The number of rotatable bonds is 5. The molecule has 2 rings (SSSR count). The largest absolute Gasteiger partial charge is 0.478 e. The number of benzene rings is 1. The van der Waals surface area contributed by atoms with E-state index >= 15 is 0 Å². The molecule has 19 heavy (non-hydrogen) atoms. The number of carboxylic acids is 1. The Bertz CT molecular complexity index is 569. The Kier molecular flexibility index (Phi) is 4.01. The average molecular weight is 277 g/mol. The lowest BCUT2D eigenvalue weighted by molar-refractivity contribution is 0.0697. The molecule has 0 fully saturated rings. The summed E-state index contributed by atoms with van der Waals surface area (Å²) >= 11 is 1.58. The monoisotopic (exact) mass is 277 g/mol. The maximum absolute atomic E-state index is 10.8. The lowest BCUT2D eigenvalue weighted by atomic mass is 10.1. The fraction of sp³-hybridized carbons (Fsp3) is 0.231. The van der Waals surface area contributed by atoms with E-state index in [4.69, 9.17) is 10.8 Å². The average Bonchev–Trinajstić information content (AvgIpc) is 2.91. The van der Waals surface area contributed by atoms with Gasteiger partial charge in [0, 0.05) is 11.6 Å². The van der Waals surface area contributed by atoms with Crippen LogP contribution in [0.3, 0.4) is 0 Å². The van der Waals surface area contributed by atoms with Crippen molar-refractivity contribution in [3.63, 3.8) is 0 Å². The van der Waals surface area contributed by atoms with Crippen LogP contribution in [0.5, 0.6) is 0 Å². The zero-order chi connectivity index (χ0) is 13.8. The number of anilines is 2. The van der Waals surface area contributed by atoms with Gasteiger partial charge >= 0.3 is 5.97 Å². The van der Waals surface area contributed by atoms with E-state index in [9.17, 15) is 4.79 Å². The van der Waals surface area contributed by atoms with Gasteiger partial charge in [0.1, 0.15) is 5.01 Å². The number of aromatic carboxylic acids is 1. The van der Waals surface area contributed by atoms with Crippen LogP contribution in [0.4, 0.5) is 11.4 Å². The highest BCUT2D eigenvalue weighted by molar-refractivity contribution is 7.09. The molecule has 1 atom stereocenters. The van der Waals surface area contributed by atoms with E-state index in [1.165, 1.54) is 12.1 Å². The Morgan fingerprint density at radius 2 is 2.37 bits per heavy atom. The Labute approximate surface area is 115 Å². The molecule has 0 radical (unpaired) electrons. The van der Waals surface area contributed by atoms with E-state index in [-0.39, 0.29) is 11.6 Å². The molecule has 0 aliphatic carbocycles. The summed E-state index contributed by atoms with van der Waals surface area (Å²) in [5, 5.41) is 15.1. The summed E-state index contributed by atoms with van der Waals surface area (Å²) in [7, 11) is 0. The SMILES string of the molecule is CCC(Nc1ccc(C(=O)O)cc1N)c1nccs1. The van der Waals surface area contributed by atoms with Crippen molar-refractivity contribution in [2.45, 2.75) is 19.4 Å². The lowest BCUT2D eigenvalue weighted by Crippen LogP contribution is -2.11. The third kappa shape index (κ3) is 3.03. The van der Waals surface area contributed by atoms with E-state index in [0.29, 0.717) is 5.69 Å². The summed E-state index contributed by atoms with van der Waals surface area (Å²) in [6.45, 7) is 2.06. The molecule has 0 aliphatic rings. The first kappa shape index (κ1) is 13.4. The van der Waals surface area contributed by atoms with Crippen molar-refractivity contribution in [3.8, 4) is 0 Å². The minimum atomic E-state index is -0.981. The predicted molar refractivity (Wildman–Crippen MR) is 76.6 cm³/mol. The topological polar surface area (TPSA) is 88.2 Å². The number of nitrogens with two attached hydrogens (primary N) is 1. The van der Waals surface area contributed by atoms with E-state index in [1.54, 1.807) is 23.6 Å². The first-order valence-electron chi connectivity index (χ1n) is 5.90. The van der Waals surface area contributed by atoms with Crippen LogP contribution in [-0.2, 0) is 0 Å². The molecule has 6 heteroatoms. The van der Waals surface area contributed by atoms with Gasteiger partial charge in [-0.25, -0.2) is 9.78 Å². The first-order chi connectivity index (χ1) is 9.11. The van der Waals surface area contributed by atoms with Crippen molar-refractivity contribution in [1.82, 2.24) is 4.98 Å². The molecule has 0 spiro atoms. The smallest absolute Gasteiger partial charge is 0.335 e. The standard InChI is InChI=1S/C13H15N3O2S/c1-2-10(12-15-5-6-19-12)16-11-4-3-8(13(17)18)7-9(11)14/h3-7,10,16H,2,14H2,1H3,(H,17,18). The van der Waals surface area contributed by atoms with Crippen LogP contribution in [0, 0.1) is 0 Å². The van der Waals surface area contributed by atoms with Gasteiger partial charge in [0.25, 0.3) is 0 Å². The fourth-order valence-electron chi connectivity index (χ4n) is 1.76. The number of carboxylic acid groups (broad SMARTS) is 1. The molecule has 5 nitrogen and oxygen atoms in total. The normalized spacial score (nSPS) is 12.1. The molecule has 1 unspecified atom stereocenters. The van der Waals surface area contributed by atoms with Crippen molar-refractivity contribution in [2.24, 2.45) is 0 Å². The number of nitrogens with zero attached hydrogens (tertiary/aromatic N) is 1. The Morgan fingerprint density at radius 1 is 1.58 bits per heavy atom. The van der Waals surface area contributed by atoms with Crippen molar-refractivity contribution < 1.29 is 9.90 Å². The molecule has 1 heterocycles. The molecule has 0 saturated carbocycles. The number of thiazole rings is 1. The van der Waals surface area contributed by atoms with E-state index in [1.807, 2.05) is 5.38 Å². The second-order valence-corrected chi connectivity index (χ2v) is 5.01. The Balaban J connectivity index is 2.21. The van der Waals surface area contributed by atoms with Crippen LogP contribution < -0.4 is 11.1 Å². The zero-order valence-corrected chi connectivity index (χ0v) is 11.3. The molecule has 0 saturated heterocycles. The van der Waals surface area contributed by atoms with E-state index in [0.717, 1.165) is 17.1 Å². The van der Waals surface area contributed by atoms with Crippen LogP contribution in [-0.4, -0.2) is 16.1 Å². The van der Waals surface area contributed by atoms with Gasteiger partial charge in [-0.3, -0.25) is 0 Å². The van der Waals surface area contributed by atoms with Crippen molar-refractivity contribution >= 4 is 28.7 Å². The Morgan fingerprint density at radius 3 is 2.89 bits per heavy atom. The summed E-state index contributed by atoms with van der Waals surface area (Å²) in [4.78, 5) is 15.1. The molecular weight excluding hydrogens is 262 g/mol. The summed E-state index contributed by atoms with van der Waals surface area (Å²) < 4.78 is 0. The highest BCUT2D eigenvalue weighted by Crippen LogP contribution is 2.28. The molecule has 0 aliphatic heterocycles. The third-order valence-electron chi connectivity index (χ3n) is 2.79. The van der Waals surface area contributed by atoms with Crippen molar-refractivity contribution in [3.05, 3.63) is 40.3 Å². The van der Waals surface area contributed by atoms with Crippen molar-refractivity contribution in [2.75, 3.05) is 11.1 Å². The molecule has 100 valence electrons. The fourth-order valence-corrected chi connectivity index (χ4v) is 2.53. The summed E-state index contributed by atoms with van der Waals surface area (Å²) in [5.74, 6) is -0.981. The maximum Gasteiger partial charge on any atom is 0.335 e. The van der Waals surface area contributed by atoms with Gasteiger partial charge < -0.3 is 16.2 Å². The molecule has 0 bridgehead atoms. The lowest BCUT2D eigenvalue weighted by Gasteiger charge is -2.17. The number of aromatic nitrogens is 1. The van der Waals surface area contributed by atoms with Gasteiger partial charge in [0.15, 0.2) is 0 Å². The number of hydrogen-bond acceptors (Lipinski definition) is 5. The summed E-state index contributed by atoms with van der Waals surface area (Å²) in [5.41, 5.74) is 7.21. The van der Waals surface area contributed by atoms with Gasteiger partial charge in [0.2, 0.25) is 0 Å². The zero-order valence-electron chi connectivity index (χ0n) is 10.5. The van der Waals surface area contributed by atoms with Gasteiger partial charge in [-0.05, 0) is 24.6 Å². The molecule has 2 aromatic rings. The minimum absolute atomic E-state index is 0.0815. The second-order valence-electron chi connectivity index (χ2n) is 4.08. The second kappa shape index (κ2) is 5.71. The van der Waals surface area contributed by atoms with Crippen molar-refractivity contribution in [1.29, 1.82) is 0 Å². The summed E-state index contributed by atoms with van der Waals surface area (Å²) in [6.07, 6.45) is 2.63. The minimum Gasteiger partial charge on any atom is -0.478 e. The molecular formula is C13H15N3O2S. The summed E-state index contributed by atoms with van der Waals surface area (Å²) in [6, 6.07) is 4.77. The highest BCUT2D eigenvalue weighted by atomic mass is 32.1. The molecule has 1 aromatic heterocycles. The van der Waals surface area contributed by atoms with Crippen LogP contribution >= 0.6 is 11.3 Å². The van der Waals surface area contributed by atoms with E-state index < -0.39 is 5.97 Å². The molecule has 4 N–H and O–H groups in total. The maximum atomic E-state index is 10.8. The van der Waals surface area contributed by atoms with Crippen LogP contribution in [0.1, 0.15) is 34.8 Å². The number of carbonyl (C=O) groups is 1. The third-order valence-corrected chi connectivity index (χ3v) is 3.68. The number of nitrogen functional groups attached to an aromatic ring is 1. The number of hydrogen-bond donors (Lipinski definition) is 3. The first-order valence-corrected chi connectivity index (χ1v) is 6.78. The molecule has 0 amide bonds. The predicted octanol–water partition coefficient (Wildman–Crippen LogP) is 2.99. The quantitative estimate of drug-likeness (QED) is 0.731. The number of nitrogens with one attached hydrogen (secondary N) is 1. The van der Waals surface area contributed by atoms with Gasteiger partial charge in [-0.1, -0.05) is 6.92 Å². The van der Waals surface area contributed by atoms with E-state index in [2.05, 4.69) is 17.2 Å². The van der Waals surface area contributed by atoms with Crippen LogP contribution in [0.2, 0.25) is 0 Å². The highest BCUT2D eigenvalue weighted by Gasteiger charge is 2.14. The van der Waals surface area contributed by atoms with Gasteiger partial charge in [-0.15, -0.1) is 11.3 Å². The van der Waals surface area contributed by atoms with Gasteiger partial charge in [-0.2, -0.15) is 0 Å². The molecule has 1 aromatic carbocycles.